The van der Waals surface area contributed by atoms with Gasteiger partial charge in [-0.15, -0.1) is 0 Å². The van der Waals surface area contributed by atoms with E-state index in [1.807, 2.05) is 31.2 Å². The van der Waals surface area contributed by atoms with Gasteiger partial charge in [0, 0.05) is 39.3 Å². The first-order chi connectivity index (χ1) is 9.79. The van der Waals surface area contributed by atoms with E-state index in [4.69, 9.17) is 0 Å². The van der Waals surface area contributed by atoms with E-state index in [2.05, 4.69) is 4.72 Å². The normalized spacial score (nSPS) is 19.5. The first-order valence-electron chi connectivity index (χ1n) is 6.84. The molecule has 0 bridgehead atoms. The van der Waals surface area contributed by atoms with Gasteiger partial charge in [0.05, 0.1) is 0 Å². The third-order valence-electron chi connectivity index (χ3n) is 3.59. The van der Waals surface area contributed by atoms with Crippen LogP contribution in [0.15, 0.2) is 24.3 Å². The molecule has 1 fully saturated rings. The molecule has 21 heavy (non-hydrogen) atoms. The number of aryl methyl sites for hydroxylation is 1. The van der Waals surface area contributed by atoms with Gasteiger partial charge in [-0.2, -0.15) is 12.7 Å². The van der Waals surface area contributed by atoms with Gasteiger partial charge < -0.3 is 4.90 Å². The van der Waals surface area contributed by atoms with Gasteiger partial charge in [0.1, 0.15) is 0 Å². The number of nitrogens with one attached hydrogen (secondary N) is 1. The fourth-order valence-electron chi connectivity index (χ4n) is 2.24. The second-order valence-electron chi connectivity index (χ2n) is 5.55. The van der Waals surface area contributed by atoms with Gasteiger partial charge in [0.15, 0.2) is 0 Å². The summed E-state index contributed by atoms with van der Waals surface area (Å²) in [4.78, 5) is 13.8. The Hall–Kier alpha value is -1.44. The molecule has 0 aromatic heterocycles. The number of anilines is 1. The lowest BCUT2D eigenvalue weighted by molar-refractivity contribution is -0.117. The summed E-state index contributed by atoms with van der Waals surface area (Å²) in [6.45, 7) is 2.81. The van der Waals surface area contributed by atoms with E-state index in [0.717, 1.165) is 15.6 Å². The first-order valence-corrected chi connectivity index (χ1v) is 8.28. The number of hydrogen-bond acceptors (Lipinski definition) is 3. The predicted octanol–water partition coefficient (Wildman–Crippen LogP) is 0.744. The highest BCUT2D eigenvalue weighted by Crippen LogP contribution is 2.25. The monoisotopic (exact) mass is 311 g/mol. The smallest absolute Gasteiger partial charge is 0.278 e. The molecule has 1 atom stereocenters. The molecule has 0 spiro atoms. The van der Waals surface area contributed by atoms with Crippen molar-refractivity contribution < 1.29 is 13.2 Å². The Balaban J connectivity index is 1.98. The van der Waals surface area contributed by atoms with E-state index in [1.54, 1.807) is 4.90 Å². The van der Waals surface area contributed by atoms with Gasteiger partial charge >= 0.3 is 0 Å². The Morgan fingerprint density at radius 2 is 1.90 bits per heavy atom. The second-order valence-corrected chi connectivity index (χ2v) is 7.52. The highest BCUT2D eigenvalue weighted by atomic mass is 32.2. The van der Waals surface area contributed by atoms with Crippen molar-refractivity contribution in [1.29, 1.82) is 0 Å². The van der Waals surface area contributed by atoms with E-state index in [9.17, 15) is 13.2 Å². The molecule has 0 saturated carbocycles. The summed E-state index contributed by atoms with van der Waals surface area (Å²) >= 11 is 0. The van der Waals surface area contributed by atoms with Gasteiger partial charge in [-0.25, -0.2) is 4.72 Å². The summed E-state index contributed by atoms with van der Waals surface area (Å²) in [5.41, 5.74) is 2.00. The average molecular weight is 311 g/mol. The second kappa shape index (κ2) is 6.13. The molecule has 1 aromatic rings. The van der Waals surface area contributed by atoms with Crippen LogP contribution in [0, 0.1) is 12.8 Å². The zero-order valence-corrected chi connectivity index (χ0v) is 13.4. The van der Waals surface area contributed by atoms with Crippen LogP contribution >= 0.6 is 0 Å². The molecule has 0 aliphatic carbocycles. The molecule has 0 unspecified atom stereocenters. The average Bonchev–Trinajstić information content (AvgIpc) is 2.79. The minimum atomic E-state index is -3.44. The minimum Gasteiger partial charge on any atom is -0.312 e. The highest BCUT2D eigenvalue weighted by molar-refractivity contribution is 7.87. The van der Waals surface area contributed by atoms with Crippen molar-refractivity contribution in [3.05, 3.63) is 29.8 Å². The molecule has 1 N–H and O–H groups in total. The molecule has 1 heterocycles. The number of rotatable bonds is 5. The number of amides is 1. The van der Waals surface area contributed by atoms with Crippen LogP contribution in [0.4, 0.5) is 5.69 Å². The Morgan fingerprint density at radius 1 is 1.29 bits per heavy atom. The van der Waals surface area contributed by atoms with Crippen molar-refractivity contribution in [2.45, 2.75) is 13.3 Å². The van der Waals surface area contributed by atoms with Crippen LogP contribution in [-0.4, -0.2) is 45.8 Å². The van der Waals surface area contributed by atoms with Gasteiger partial charge in [-0.3, -0.25) is 4.79 Å². The van der Waals surface area contributed by atoms with Crippen LogP contribution in [0.25, 0.3) is 0 Å². The SMILES string of the molecule is Cc1ccc(N2C[C@H](CNS(=O)(=O)N(C)C)CC2=O)cc1. The van der Waals surface area contributed by atoms with Crippen LogP contribution in [0.1, 0.15) is 12.0 Å². The van der Waals surface area contributed by atoms with Crippen LogP contribution < -0.4 is 9.62 Å². The Kier molecular flexibility index (Phi) is 4.65. The summed E-state index contributed by atoms with van der Waals surface area (Å²) in [5, 5.41) is 0. The molecule has 6 nitrogen and oxygen atoms in total. The Morgan fingerprint density at radius 3 is 2.48 bits per heavy atom. The van der Waals surface area contributed by atoms with Crippen LogP contribution in [0.2, 0.25) is 0 Å². The van der Waals surface area contributed by atoms with E-state index < -0.39 is 10.2 Å². The van der Waals surface area contributed by atoms with Crippen molar-refractivity contribution in [1.82, 2.24) is 9.03 Å². The zero-order chi connectivity index (χ0) is 15.6. The standard InChI is InChI=1S/C14H21N3O3S/c1-11-4-6-13(7-5-11)17-10-12(8-14(17)18)9-15-21(19,20)16(2)3/h4-7,12,15H,8-10H2,1-3H3/t12-/m0/s1. The molecule has 1 aliphatic heterocycles. The lowest BCUT2D eigenvalue weighted by Crippen LogP contribution is -2.38. The predicted molar refractivity (Wildman–Crippen MR) is 82.2 cm³/mol. The van der Waals surface area contributed by atoms with Gasteiger partial charge in [-0.1, -0.05) is 17.7 Å². The van der Waals surface area contributed by atoms with Crippen molar-refractivity contribution in [2.75, 3.05) is 32.1 Å². The fourth-order valence-corrected chi connectivity index (χ4v) is 2.95. The number of carbonyl (C=O) groups excluding carboxylic acids is 1. The Labute approximate surface area is 125 Å². The molecule has 1 aliphatic rings. The lowest BCUT2D eigenvalue weighted by Gasteiger charge is -2.18. The summed E-state index contributed by atoms with van der Waals surface area (Å²) in [7, 11) is -0.491. The third kappa shape index (κ3) is 3.81. The van der Waals surface area contributed by atoms with Crippen LogP contribution in [0.5, 0.6) is 0 Å². The lowest BCUT2D eigenvalue weighted by atomic mass is 10.1. The molecule has 1 saturated heterocycles. The van der Waals surface area contributed by atoms with Gasteiger partial charge in [0.2, 0.25) is 5.91 Å². The zero-order valence-electron chi connectivity index (χ0n) is 12.5. The van der Waals surface area contributed by atoms with E-state index in [0.29, 0.717) is 13.0 Å². The van der Waals surface area contributed by atoms with Crippen LogP contribution in [-0.2, 0) is 15.0 Å². The minimum absolute atomic E-state index is 0.00599. The highest BCUT2D eigenvalue weighted by Gasteiger charge is 2.31. The molecular weight excluding hydrogens is 290 g/mol. The fraction of sp³-hybridized carbons (Fsp3) is 0.500. The first kappa shape index (κ1) is 15.9. The maximum absolute atomic E-state index is 12.1. The number of carbonyl (C=O) groups is 1. The van der Waals surface area contributed by atoms with E-state index in [-0.39, 0.29) is 18.4 Å². The molecule has 1 amide bonds. The summed E-state index contributed by atoms with van der Waals surface area (Å²) < 4.78 is 27.0. The molecule has 7 heteroatoms. The van der Waals surface area contributed by atoms with Crippen molar-refractivity contribution in [3.8, 4) is 0 Å². The maximum atomic E-state index is 12.1. The number of hydrogen-bond donors (Lipinski definition) is 1. The third-order valence-corrected chi connectivity index (χ3v) is 5.08. The van der Waals surface area contributed by atoms with Gasteiger partial charge in [0.25, 0.3) is 10.2 Å². The largest absolute Gasteiger partial charge is 0.312 e. The van der Waals surface area contributed by atoms with Crippen molar-refractivity contribution in [2.24, 2.45) is 5.92 Å². The summed E-state index contributed by atoms with van der Waals surface area (Å²) in [5.74, 6) is 0.0291. The Bertz CT molecular complexity index is 611. The molecule has 116 valence electrons. The van der Waals surface area contributed by atoms with Gasteiger partial charge in [-0.05, 0) is 25.0 Å². The summed E-state index contributed by atoms with van der Waals surface area (Å²) in [6, 6.07) is 7.76. The molecule has 0 radical (unpaired) electrons. The van der Waals surface area contributed by atoms with Crippen molar-refractivity contribution in [3.63, 3.8) is 0 Å². The quantitative estimate of drug-likeness (QED) is 0.872. The number of nitrogens with zero attached hydrogens (tertiary/aromatic N) is 2. The van der Waals surface area contributed by atoms with E-state index in [1.165, 1.54) is 14.1 Å². The molecule has 1 aromatic carbocycles. The summed E-state index contributed by atoms with van der Waals surface area (Å²) in [6.07, 6.45) is 0.365. The van der Waals surface area contributed by atoms with Crippen LogP contribution in [0.3, 0.4) is 0 Å². The topological polar surface area (TPSA) is 69.7 Å². The van der Waals surface area contributed by atoms with Crippen molar-refractivity contribution >= 4 is 21.8 Å². The van der Waals surface area contributed by atoms with E-state index >= 15 is 0 Å². The molecule has 2 rings (SSSR count). The molecular formula is C14H21N3O3S. The maximum Gasteiger partial charge on any atom is 0.278 e. The number of benzene rings is 1.